The van der Waals surface area contributed by atoms with E-state index >= 15 is 0 Å². The summed E-state index contributed by atoms with van der Waals surface area (Å²) in [4.78, 5) is 0. The molecule has 1 aromatic rings. The Balaban J connectivity index is 2.01. The minimum Gasteiger partial charge on any atom is -0.489 e. The zero-order chi connectivity index (χ0) is 12.5. The van der Waals surface area contributed by atoms with Gasteiger partial charge in [0.15, 0.2) is 5.60 Å². The average Bonchev–Trinajstić information content (AvgIpc) is 2.51. The molecule has 3 heteroatoms. The van der Waals surface area contributed by atoms with Gasteiger partial charge in [0, 0.05) is 11.1 Å². The van der Waals surface area contributed by atoms with Gasteiger partial charge in [0.2, 0.25) is 0 Å². The molecule has 0 aliphatic carbocycles. The van der Waals surface area contributed by atoms with Crippen molar-refractivity contribution in [3.8, 4) is 0 Å². The quantitative estimate of drug-likeness (QED) is 0.805. The van der Waals surface area contributed by atoms with Crippen LogP contribution < -0.4 is 0 Å². The molecule has 0 aromatic heterocycles. The summed E-state index contributed by atoms with van der Waals surface area (Å²) in [5, 5.41) is 0.728. The van der Waals surface area contributed by atoms with Gasteiger partial charge in [-0.05, 0) is 31.5 Å². The number of hydrogen-bond donors (Lipinski definition) is 0. The van der Waals surface area contributed by atoms with Crippen LogP contribution in [0.5, 0.6) is 0 Å². The summed E-state index contributed by atoms with van der Waals surface area (Å²) in [7, 11) is 0. The van der Waals surface area contributed by atoms with E-state index in [-0.39, 0.29) is 0 Å². The Morgan fingerprint density at radius 2 is 1.94 bits per heavy atom. The monoisotopic (exact) mass is 250 g/mol. The third-order valence-electron chi connectivity index (χ3n) is 2.58. The van der Waals surface area contributed by atoms with E-state index in [0.29, 0.717) is 12.4 Å². The second kappa shape index (κ2) is 4.46. The fourth-order valence-electron chi connectivity index (χ4n) is 1.68. The summed E-state index contributed by atoms with van der Waals surface area (Å²) in [5.74, 6) is 1.44. The van der Waals surface area contributed by atoms with Crippen LogP contribution in [0.2, 0.25) is 5.02 Å². The molecule has 0 saturated carbocycles. The fraction of sp³-hybridized carbons (Fsp3) is 0.286. The Bertz CT molecular complexity index is 458. The molecule has 1 aliphatic rings. The summed E-state index contributed by atoms with van der Waals surface area (Å²) < 4.78 is 11.3. The summed E-state index contributed by atoms with van der Waals surface area (Å²) in [5.41, 5.74) is 0.646. The van der Waals surface area contributed by atoms with Gasteiger partial charge in [0.25, 0.3) is 0 Å². The zero-order valence-electron chi connectivity index (χ0n) is 10.00. The van der Waals surface area contributed by atoms with Crippen molar-refractivity contribution in [2.45, 2.75) is 26.1 Å². The van der Waals surface area contributed by atoms with E-state index in [1.807, 2.05) is 44.2 Å². The molecule has 0 radical (unpaired) electrons. The molecular weight excluding hydrogens is 236 g/mol. The molecule has 90 valence electrons. The minimum absolute atomic E-state index is 0.427. The highest BCUT2D eigenvalue weighted by atomic mass is 35.5. The van der Waals surface area contributed by atoms with E-state index in [0.717, 1.165) is 16.3 Å². The summed E-state index contributed by atoms with van der Waals surface area (Å²) in [6, 6.07) is 7.59. The van der Waals surface area contributed by atoms with Crippen LogP contribution in [0, 0.1) is 0 Å². The largest absolute Gasteiger partial charge is 0.489 e. The highest BCUT2D eigenvalue weighted by Gasteiger charge is 2.32. The second-order valence-corrected chi connectivity index (χ2v) is 4.94. The fourth-order valence-corrected chi connectivity index (χ4v) is 1.81. The van der Waals surface area contributed by atoms with Crippen molar-refractivity contribution < 1.29 is 9.47 Å². The number of allylic oxidation sites excluding steroid dienone is 1. The van der Waals surface area contributed by atoms with Crippen molar-refractivity contribution >= 4 is 11.6 Å². The molecule has 2 rings (SSSR count). The third kappa shape index (κ3) is 2.83. The smallest absolute Gasteiger partial charge is 0.160 e. The van der Waals surface area contributed by atoms with Crippen LogP contribution >= 0.6 is 11.6 Å². The van der Waals surface area contributed by atoms with Gasteiger partial charge in [-0.3, -0.25) is 0 Å². The van der Waals surface area contributed by atoms with Crippen molar-refractivity contribution in [1.29, 1.82) is 0 Å². The Morgan fingerprint density at radius 3 is 2.47 bits per heavy atom. The van der Waals surface area contributed by atoms with Crippen molar-refractivity contribution in [3.63, 3.8) is 0 Å². The second-order valence-electron chi connectivity index (χ2n) is 4.50. The molecule has 0 bridgehead atoms. The standard InChI is InChI=1S/C14H15ClO2/c1-10-8-13(14(2,3)17-10)16-9-11-4-6-12(15)7-5-11/h4-8H,1,9H2,2-3H3. The molecule has 1 aromatic carbocycles. The number of hydrogen-bond acceptors (Lipinski definition) is 2. The molecular formula is C14H15ClO2. The molecule has 17 heavy (non-hydrogen) atoms. The van der Waals surface area contributed by atoms with Gasteiger partial charge in [0.1, 0.15) is 18.1 Å². The van der Waals surface area contributed by atoms with Crippen LogP contribution in [0.3, 0.4) is 0 Å². The van der Waals surface area contributed by atoms with E-state index in [4.69, 9.17) is 21.1 Å². The van der Waals surface area contributed by atoms with Gasteiger partial charge < -0.3 is 9.47 Å². The Labute approximate surface area is 106 Å². The van der Waals surface area contributed by atoms with Crippen LogP contribution in [-0.2, 0) is 16.1 Å². The summed E-state index contributed by atoms with van der Waals surface area (Å²) >= 11 is 5.82. The lowest BCUT2D eigenvalue weighted by Crippen LogP contribution is -2.23. The first-order valence-corrected chi connectivity index (χ1v) is 5.82. The maximum atomic E-state index is 5.82. The predicted octanol–water partition coefficient (Wildman–Crippen LogP) is 4.06. The molecule has 0 N–H and O–H groups in total. The van der Waals surface area contributed by atoms with Crippen molar-refractivity contribution in [1.82, 2.24) is 0 Å². The molecule has 0 unspecified atom stereocenters. The molecule has 1 aliphatic heterocycles. The highest BCUT2D eigenvalue weighted by Crippen LogP contribution is 2.32. The van der Waals surface area contributed by atoms with Crippen LogP contribution in [-0.4, -0.2) is 5.60 Å². The molecule has 2 nitrogen and oxygen atoms in total. The van der Waals surface area contributed by atoms with Crippen molar-refractivity contribution in [2.24, 2.45) is 0 Å². The maximum Gasteiger partial charge on any atom is 0.160 e. The van der Waals surface area contributed by atoms with Gasteiger partial charge in [-0.1, -0.05) is 30.3 Å². The van der Waals surface area contributed by atoms with Gasteiger partial charge in [0.05, 0.1) is 0 Å². The molecule has 0 saturated heterocycles. The number of benzene rings is 1. The molecule has 0 spiro atoms. The first-order valence-electron chi connectivity index (χ1n) is 5.45. The van der Waals surface area contributed by atoms with Gasteiger partial charge in [-0.15, -0.1) is 0 Å². The number of rotatable bonds is 3. The van der Waals surface area contributed by atoms with E-state index in [2.05, 4.69) is 6.58 Å². The van der Waals surface area contributed by atoms with Gasteiger partial charge >= 0.3 is 0 Å². The highest BCUT2D eigenvalue weighted by molar-refractivity contribution is 6.30. The molecule has 0 amide bonds. The van der Waals surface area contributed by atoms with E-state index in [1.54, 1.807) is 0 Å². The lowest BCUT2D eigenvalue weighted by molar-refractivity contribution is 0.0321. The maximum absolute atomic E-state index is 5.82. The topological polar surface area (TPSA) is 18.5 Å². The van der Waals surface area contributed by atoms with Crippen LogP contribution in [0.15, 0.2) is 48.4 Å². The molecule has 0 fully saturated rings. The van der Waals surface area contributed by atoms with Gasteiger partial charge in [-0.2, -0.15) is 0 Å². The van der Waals surface area contributed by atoms with Gasteiger partial charge in [-0.25, -0.2) is 0 Å². The zero-order valence-corrected chi connectivity index (χ0v) is 10.8. The normalized spacial score (nSPS) is 17.6. The first-order chi connectivity index (χ1) is 7.97. The van der Waals surface area contributed by atoms with E-state index in [9.17, 15) is 0 Å². The van der Waals surface area contributed by atoms with Crippen LogP contribution in [0.4, 0.5) is 0 Å². The van der Waals surface area contributed by atoms with Crippen molar-refractivity contribution in [3.05, 3.63) is 59.0 Å². The first kappa shape index (κ1) is 12.1. The molecule has 1 heterocycles. The van der Waals surface area contributed by atoms with E-state index in [1.165, 1.54) is 0 Å². The Morgan fingerprint density at radius 1 is 1.29 bits per heavy atom. The Hall–Kier alpha value is -1.41. The number of ether oxygens (including phenoxy) is 2. The lowest BCUT2D eigenvalue weighted by Gasteiger charge is -2.22. The molecule has 0 atom stereocenters. The number of halogens is 1. The summed E-state index contributed by atoms with van der Waals surface area (Å²) in [6.45, 7) is 8.19. The average molecular weight is 251 g/mol. The third-order valence-corrected chi connectivity index (χ3v) is 2.83. The van der Waals surface area contributed by atoms with E-state index < -0.39 is 5.60 Å². The minimum atomic E-state index is -0.427. The predicted molar refractivity (Wildman–Crippen MR) is 68.6 cm³/mol. The lowest BCUT2D eigenvalue weighted by atomic mass is 10.1. The van der Waals surface area contributed by atoms with Crippen LogP contribution in [0.1, 0.15) is 19.4 Å². The van der Waals surface area contributed by atoms with Crippen molar-refractivity contribution in [2.75, 3.05) is 0 Å². The SMILES string of the molecule is C=C1C=C(OCc2ccc(Cl)cc2)C(C)(C)O1. The Kier molecular flexibility index (Phi) is 3.16. The summed E-state index contributed by atoms with van der Waals surface area (Å²) in [6.07, 6.45) is 1.83. The van der Waals surface area contributed by atoms with Crippen LogP contribution in [0.25, 0.3) is 0 Å².